The maximum absolute atomic E-state index is 13.5. The van der Waals surface area contributed by atoms with Gasteiger partial charge in [0.2, 0.25) is 5.91 Å². The fraction of sp³-hybridized carbons (Fsp3) is 0.500. The molecule has 3 aliphatic rings. The molecule has 11 heteroatoms. The van der Waals surface area contributed by atoms with Gasteiger partial charge in [-0.05, 0) is 68.4 Å². The van der Waals surface area contributed by atoms with Crippen LogP contribution in [0.2, 0.25) is 0 Å². The summed E-state index contributed by atoms with van der Waals surface area (Å²) in [6, 6.07) is 9.63. The number of piperidine rings is 1. The van der Waals surface area contributed by atoms with Crippen molar-refractivity contribution in [2.24, 2.45) is 24.6 Å². The Kier molecular flexibility index (Phi) is 7.09. The number of nitrogens with zero attached hydrogens (tertiary/aromatic N) is 5. The van der Waals surface area contributed by atoms with Crippen molar-refractivity contribution in [3.8, 4) is 17.3 Å². The molecule has 1 aliphatic carbocycles. The van der Waals surface area contributed by atoms with Gasteiger partial charge in [0.05, 0.1) is 36.7 Å². The highest BCUT2D eigenvalue weighted by atomic mass is 16.5. The van der Waals surface area contributed by atoms with Gasteiger partial charge in [-0.1, -0.05) is 0 Å². The summed E-state index contributed by atoms with van der Waals surface area (Å²) < 4.78 is 16.0. The molecule has 7 rings (SSSR count). The van der Waals surface area contributed by atoms with E-state index in [1.54, 1.807) is 7.11 Å². The van der Waals surface area contributed by atoms with E-state index >= 15 is 0 Å². The molecule has 2 bridgehead atoms. The molecular formula is C32H39N7O4. The maximum Gasteiger partial charge on any atom is 0.254 e. The Morgan fingerprint density at radius 3 is 2.84 bits per heavy atom. The molecular weight excluding hydrogens is 546 g/mol. The lowest BCUT2D eigenvalue weighted by Crippen LogP contribution is -2.45. The fourth-order valence-corrected chi connectivity index (χ4v) is 6.71. The van der Waals surface area contributed by atoms with Crippen LogP contribution in [0.5, 0.6) is 5.75 Å². The molecule has 43 heavy (non-hydrogen) atoms. The second-order valence-corrected chi connectivity index (χ2v) is 12.4. The van der Waals surface area contributed by atoms with Crippen LogP contribution < -0.4 is 15.8 Å². The van der Waals surface area contributed by atoms with E-state index in [9.17, 15) is 9.59 Å². The van der Waals surface area contributed by atoms with Crippen molar-refractivity contribution >= 4 is 33.9 Å². The van der Waals surface area contributed by atoms with E-state index in [-0.39, 0.29) is 23.9 Å². The number of benzene rings is 1. The van der Waals surface area contributed by atoms with E-state index in [0.717, 1.165) is 59.6 Å². The molecule has 4 aromatic rings. The minimum atomic E-state index is -0.231. The quantitative estimate of drug-likeness (QED) is 0.377. The molecule has 1 aromatic carbocycles. The number of methoxy groups -OCH3 is 1. The Bertz CT molecular complexity index is 1730. The van der Waals surface area contributed by atoms with Crippen LogP contribution in [0.3, 0.4) is 0 Å². The molecule has 5 heterocycles. The van der Waals surface area contributed by atoms with Gasteiger partial charge < -0.3 is 34.6 Å². The van der Waals surface area contributed by atoms with E-state index < -0.39 is 0 Å². The molecule has 0 radical (unpaired) electrons. The first kappa shape index (κ1) is 27.8. The zero-order valence-corrected chi connectivity index (χ0v) is 25.0. The van der Waals surface area contributed by atoms with Crippen LogP contribution in [-0.4, -0.2) is 75.3 Å². The molecule has 2 amide bonds. The lowest BCUT2D eigenvalue weighted by molar-refractivity contribution is -0.122. The third-order valence-electron chi connectivity index (χ3n) is 9.25. The van der Waals surface area contributed by atoms with Gasteiger partial charge in [-0.3, -0.25) is 9.59 Å². The Hall–Kier alpha value is -3.96. The summed E-state index contributed by atoms with van der Waals surface area (Å²) in [7, 11) is 3.61. The van der Waals surface area contributed by atoms with Crippen LogP contribution in [0.4, 0.5) is 0 Å². The molecule has 2 aliphatic heterocycles. The number of nitrogens with two attached hydrogens (primary N) is 1. The minimum absolute atomic E-state index is 0.000503. The van der Waals surface area contributed by atoms with Crippen molar-refractivity contribution in [2.45, 2.75) is 51.2 Å². The van der Waals surface area contributed by atoms with Crippen LogP contribution in [0.25, 0.3) is 33.6 Å². The molecule has 1 saturated heterocycles. The Balaban J connectivity index is 1.33. The van der Waals surface area contributed by atoms with Gasteiger partial charge in [-0.2, -0.15) is 0 Å². The molecule has 2 fully saturated rings. The first-order valence-corrected chi connectivity index (χ1v) is 15.3. The number of likely N-dealkylation sites (tertiary alicyclic amines) is 1. The third kappa shape index (κ3) is 5.14. The van der Waals surface area contributed by atoms with Crippen molar-refractivity contribution in [3.63, 3.8) is 0 Å². The average Bonchev–Trinajstić information content (AvgIpc) is 3.52. The number of hydrogen-bond acceptors (Lipinski definition) is 7. The number of imidazole rings is 1. The lowest BCUT2D eigenvalue weighted by Gasteiger charge is -2.30. The molecule has 3 N–H and O–H groups in total. The van der Waals surface area contributed by atoms with Crippen LogP contribution >= 0.6 is 0 Å². The third-order valence-corrected chi connectivity index (χ3v) is 9.25. The predicted molar refractivity (Wildman–Crippen MR) is 163 cm³/mol. The second-order valence-electron chi connectivity index (χ2n) is 12.4. The number of ether oxygens (including phenoxy) is 2. The number of aryl methyl sites for hydroxylation is 1. The molecule has 11 nitrogen and oxygen atoms in total. The van der Waals surface area contributed by atoms with Gasteiger partial charge in [0, 0.05) is 56.7 Å². The van der Waals surface area contributed by atoms with E-state index in [4.69, 9.17) is 25.2 Å². The highest BCUT2D eigenvalue weighted by Gasteiger charge is 2.38. The van der Waals surface area contributed by atoms with Gasteiger partial charge in [0.1, 0.15) is 16.9 Å². The lowest BCUT2D eigenvalue weighted by atomic mass is 10.0. The second kappa shape index (κ2) is 10.9. The van der Waals surface area contributed by atoms with Gasteiger partial charge in [0.15, 0.2) is 5.82 Å². The van der Waals surface area contributed by atoms with Crippen LogP contribution in [0.1, 0.15) is 54.7 Å². The van der Waals surface area contributed by atoms with Crippen molar-refractivity contribution in [3.05, 3.63) is 41.6 Å². The number of rotatable bonds is 3. The van der Waals surface area contributed by atoms with Gasteiger partial charge in [0.25, 0.3) is 5.91 Å². The number of amides is 2. The van der Waals surface area contributed by atoms with E-state index in [1.807, 2.05) is 41.6 Å². The summed E-state index contributed by atoms with van der Waals surface area (Å²) in [6.07, 6.45) is 3.25. The van der Waals surface area contributed by atoms with Gasteiger partial charge >= 0.3 is 0 Å². The normalized spacial score (nSPS) is 24.6. The first-order valence-electron chi connectivity index (χ1n) is 15.3. The number of carbonyl (C=O) groups is 2. The zero-order chi connectivity index (χ0) is 29.8. The summed E-state index contributed by atoms with van der Waals surface area (Å²) in [5, 5.41) is 4.06. The Labute approximate surface area is 250 Å². The van der Waals surface area contributed by atoms with E-state index in [2.05, 4.69) is 22.0 Å². The SMILES string of the molecule is COc1cc(C(=O)N2CCC[C@@H](N)C2)cc2nc(-c3cc4ccc5nc4n3C[C@H]3C[C@@H]3COCCC(=O)N[C@@H]5C)n(C)c12. The Morgan fingerprint density at radius 1 is 1.16 bits per heavy atom. The zero-order valence-electron chi connectivity index (χ0n) is 25.0. The maximum atomic E-state index is 13.5. The smallest absolute Gasteiger partial charge is 0.254 e. The standard InChI is InChI=1S/C32H39N7O4/c1-18-24-7-6-19-13-26(39(30(19)35-24)15-21-11-22(21)17-43-10-8-28(40)34-18)31-36-25-12-20(14-27(42-3)29(25)37(31)2)32(41)38-9-4-5-23(33)16-38/h6-7,12-14,18,21-23H,4-5,8-11,15-17,33H2,1-3H3,(H,34,40)/t18-,21-,22-,23-/m1/s1. The molecule has 0 spiro atoms. The van der Waals surface area contributed by atoms with Crippen LogP contribution in [0.15, 0.2) is 30.3 Å². The molecule has 0 unspecified atom stereocenters. The number of carbonyl (C=O) groups excluding carboxylic acids is 2. The highest BCUT2D eigenvalue weighted by Crippen LogP contribution is 2.42. The summed E-state index contributed by atoms with van der Waals surface area (Å²) in [5.74, 6) is 2.20. The molecule has 4 atom stereocenters. The summed E-state index contributed by atoms with van der Waals surface area (Å²) in [4.78, 5) is 38.0. The van der Waals surface area contributed by atoms with Gasteiger partial charge in [-0.15, -0.1) is 0 Å². The average molecular weight is 586 g/mol. The topological polar surface area (TPSA) is 130 Å². The molecule has 226 valence electrons. The summed E-state index contributed by atoms with van der Waals surface area (Å²) >= 11 is 0. The monoisotopic (exact) mass is 585 g/mol. The minimum Gasteiger partial charge on any atom is -0.494 e. The number of aromatic nitrogens is 4. The van der Waals surface area contributed by atoms with Crippen molar-refractivity contribution in [2.75, 3.05) is 33.4 Å². The van der Waals surface area contributed by atoms with Crippen molar-refractivity contribution < 1.29 is 19.1 Å². The van der Waals surface area contributed by atoms with Gasteiger partial charge in [-0.25, -0.2) is 9.97 Å². The predicted octanol–water partition coefficient (Wildman–Crippen LogP) is 3.40. The fourth-order valence-electron chi connectivity index (χ4n) is 6.71. The number of hydrogen-bond donors (Lipinski definition) is 2. The van der Waals surface area contributed by atoms with Crippen molar-refractivity contribution in [1.29, 1.82) is 0 Å². The number of fused-ring (bicyclic) bond motifs is 3. The Morgan fingerprint density at radius 2 is 2.02 bits per heavy atom. The van der Waals surface area contributed by atoms with Crippen LogP contribution in [0, 0.1) is 11.8 Å². The highest BCUT2D eigenvalue weighted by molar-refractivity contribution is 6.00. The summed E-state index contributed by atoms with van der Waals surface area (Å²) in [5.41, 5.74) is 10.9. The molecule has 3 aromatic heterocycles. The van der Waals surface area contributed by atoms with E-state index in [0.29, 0.717) is 61.4 Å². The van der Waals surface area contributed by atoms with E-state index in [1.165, 1.54) is 0 Å². The van der Waals surface area contributed by atoms with Crippen LogP contribution in [-0.2, 0) is 23.1 Å². The number of nitrogens with one attached hydrogen (secondary N) is 1. The largest absolute Gasteiger partial charge is 0.494 e. The first-order chi connectivity index (χ1) is 20.8. The van der Waals surface area contributed by atoms with Crippen molar-refractivity contribution in [1.82, 2.24) is 29.3 Å². The molecule has 1 saturated carbocycles. The summed E-state index contributed by atoms with van der Waals surface area (Å²) in [6.45, 7) is 5.08. The number of pyridine rings is 1.